The first kappa shape index (κ1) is 21.4. The fraction of sp³-hybridized carbons (Fsp3) is 0.111. The van der Waals surface area contributed by atoms with E-state index in [2.05, 4.69) is 6.58 Å². The Morgan fingerprint density at radius 2 is 1.66 bits per heavy atom. The van der Waals surface area contributed by atoms with Gasteiger partial charge in [0.15, 0.2) is 0 Å². The number of aromatic nitrogens is 1. The maximum atomic E-state index is 14.0. The molecule has 3 nitrogen and oxygen atoms in total. The van der Waals surface area contributed by atoms with Gasteiger partial charge in [0.1, 0.15) is 29.8 Å². The zero-order valence-electron chi connectivity index (χ0n) is 17.9. The Kier molecular flexibility index (Phi) is 5.82. The third-order valence-corrected chi connectivity index (χ3v) is 5.46. The maximum absolute atomic E-state index is 14.0. The molecule has 0 bridgehead atoms. The van der Waals surface area contributed by atoms with Crippen molar-refractivity contribution < 1.29 is 18.6 Å². The summed E-state index contributed by atoms with van der Waals surface area (Å²) in [6.07, 6.45) is 0. The molecular formula is C27H23F2NO2. The number of ether oxygens (including phenoxy) is 1. The molecule has 0 aliphatic carbocycles. The van der Waals surface area contributed by atoms with Crippen LogP contribution in [0.2, 0.25) is 0 Å². The van der Waals surface area contributed by atoms with Crippen molar-refractivity contribution in [3.05, 3.63) is 113 Å². The fourth-order valence-electron chi connectivity index (χ4n) is 3.78. The van der Waals surface area contributed by atoms with Gasteiger partial charge in [0, 0.05) is 22.5 Å². The molecule has 0 fully saturated rings. The lowest BCUT2D eigenvalue weighted by molar-refractivity contribution is 0.293. The van der Waals surface area contributed by atoms with Crippen LogP contribution in [0.15, 0.2) is 79.4 Å². The van der Waals surface area contributed by atoms with E-state index in [1.165, 1.54) is 18.2 Å². The van der Waals surface area contributed by atoms with Crippen molar-refractivity contribution >= 4 is 5.76 Å². The van der Waals surface area contributed by atoms with Gasteiger partial charge in [-0.25, -0.2) is 8.78 Å². The molecule has 3 aromatic carbocycles. The molecule has 0 amide bonds. The van der Waals surface area contributed by atoms with Crippen molar-refractivity contribution in [2.75, 3.05) is 0 Å². The second kappa shape index (κ2) is 8.71. The zero-order chi connectivity index (χ0) is 22.8. The van der Waals surface area contributed by atoms with Gasteiger partial charge >= 0.3 is 0 Å². The second-order valence-electron chi connectivity index (χ2n) is 7.63. The molecule has 0 aliphatic rings. The Labute approximate surface area is 185 Å². The van der Waals surface area contributed by atoms with Gasteiger partial charge in [-0.1, -0.05) is 30.8 Å². The number of para-hydroxylation sites is 1. The lowest BCUT2D eigenvalue weighted by atomic mass is 10.1. The third kappa shape index (κ3) is 4.02. The number of aryl methyl sites for hydroxylation is 2. The Bertz CT molecular complexity index is 1290. The van der Waals surface area contributed by atoms with Crippen molar-refractivity contribution in [1.29, 1.82) is 0 Å². The fourth-order valence-corrected chi connectivity index (χ4v) is 3.78. The van der Waals surface area contributed by atoms with E-state index in [0.717, 1.165) is 28.2 Å². The lowest BCUT2D eigenvalue weighted by Gasteiger charge is -2.17. The first-order valence-electron chi connectivity index (χ1n) is 10.2. The maximum Gasteiger partial charge on any atom is 0.132 e. The van der Waals surface area contributed by atoms with Gasteiger partial charge in [-0.05, 0) is 67.9 Å². The molecule has 1 N–H and O–H groups in total. The Morgan fingerprint density at radius 1 is 0.938 bits per heavy atom. The molecule has 0 atom stereocenters. The summed E-state index contributed by atoms with van der Waals surface area (Å²) in [4.78, 5) is 0. The summed E-state index contributed by atoms with van der Waals surface area (Å²) in [5.41, 5.74) is 4.94. The predicted octanol–water partition coefficient (Wildman–Crippen LogP) is 7.15. The largest absolute Gasteiger partial charge is 0.508 e. The molecule has 0 aliphatic heterocycles. The Morgan fingerprint density at radius 3 is 2.38 bits per heavy atom. The molecule has 0 radical (unpaired) electrons. The third-order valence-electron chi connectivity index (χ3n) is 5.46. The summed E-state index contributed by atoms with van der Waals surface area (Å²) in [7, 11) is 0. The summed E-state index contributed by atoms with van der Waals surface area (Å²) < 4.78 is 36.0. The van der Waals surface area contributed by atoms with E-state index >= 15 is 0 Å². The van der Waals surface area contributed by atoms with Crippen molar-refractivity contribution in [2.24, 2.45) is 0 Å². The average molecular weight is 431 g/mol. The van der Waals surface area contributed by atoms with Crippen LogP contribution in [0.1, 0.15) is 22.4 Å². The number of halogens is 2. The highest BCUT2D eigenvalue weighted by atomic mass is 19.1. The van der Waals surface area contributed by atoms with Crippen LogP contribution in [0.3, 0.4) is 0 Å². The number of hydrogen-bond acceptors (Lipinski definition) is 2. The number of aliphatic hydroxyl groups excluding tert-OH is 1. The topological polar surface area (TPSA) is 34.4 Å². The van der Waals surface area contributed by atoms with E-state index in [-0.39, 0.29) is 17.9 Å². The summed E-state index contributed by atoms with van der Waals surface area (Å²) >= 11 is 0. The molecule has 0 saturated carbocycles. The van der Waals surface area contributed by atoms with Gasteiger partial charge in [-0.3, -0.25) is 0 Å². The van der Waals surface area contributed by atoms with Gasteiger partial charge < -0.3 is 14.4 Å². The molecule has 32 heavy (non-hydrogen) atoms. The van der Waals surface area contributed by atoms with Crippen molar-refractivity contribution in [3.63, 3.8) is 0 Å². The minimum absolute atomic E-state index is 0.00589. The number of hydrogen-bond donors (Lipinski definition) is 1. The van der Waals surface area contributed by atoms with Gasteiger partial charge in [0.2, 0.25) is 0 Å². The number of rotatable bonds is 6. The SMILES string of the molecule is C=C(O)c1cc(-n2c(C)ccc2-c2ccccc2OCc2c(F)cccc2F)ccc1C. The summed E-state index contributed by atoms with van der Waals surface area (Å²) in [6.45, 7) is 7.32. The van der Waals surface area contributed by atoms with E-state index < -0.39 is 11.6 Å². The molecular weight excluding hydrogens is 408 g/mol. The number of nitrogens with zero attached hydrogens (tertiary/aromatic N) is 1. The molecule has 0 saturated heterocycles. The molecule has 4 rings (SSSR count). The molecule has 5 heteroatoms. The Hall–Kier alpha value is -3.86. The zero-order valence-corrected chi connectivity index (χ0v) is 17.9. The summed E-state index contributed by atoms with van der Waals surface area (Å²) in [5, 5.41) is 9.96. The van der Waals surface area contributed by atoms with E-state index in [4.69, 9.17) is 4.74 Å². The average Bonchev–Trinajstić information content (AvgIpc) is 3.15. The second-order valence-corrected chi connectivity index (χ2v) is 7.63. The van der Waals surface area contributed by atoms with Crippen molar-refractivity contribution in [1.82, 2.24) is 4.57 Å². The van der Waals surface area contributed by atoms with Gasteiger partial charge in [0.25, 0.3) is 0 Å². The van der Waals surface area contributed by atoms with Crippen LogP contribution in [0.5, 0.6) is 5.75 Å². The quantitative estimate of drug-likeness (QED) is 0.329. The van der Waals surface area contributed by atoms with Crippen LogP contribution in [0.25, 0.3) is 22.7 Å². The van der Waals surface area contributed by atoms with E-state index in [1.807, 2.05) is 66.9 Å². The summed E-state index contributed by atoms with van der Waals surface area (Å²) in [6, 6.07) is 20.9. The molecule has 0 unspecified atom stereocenters. The first-order chi connectivity index (χ1) is 15.4. The minimum Gasteiger partial charge on any atom is -0.508 e. The smallest absolute Gasteiger partial charge is 0.132 e. The lowest BCUT2D eigenvalue weighted by Crippen LogP contribution is -2.04. The van der Waals surface area contributed by atoms with Crippen LogP contribution in [0, 0.1) is 25.5 Å². The monoisotopic (exact) mass is 431 g/mol. The Balaban J connectivity index is 1.76. The summed E-state index contributed by atoms with van der Waals surface area (Å²) in [5.74, 6) is -0.768. The normalized spacial score (nSPS) is 10.9. The van der Waals surface area contributed by atoms with E-state index in [1.54, 1.807) is 6.07 Å². The number of aliphatic hydroxyl groups is 1. The molecule has 162 valence electrons. The van der Waals surface area contributed by atoms with Crippen LogP contribution >= 0.6 is 0 Å². The molecule has 1 aromatic heterocycles. The van der Waals surface area contributed by atoms with Crippen LogP contribution in [-0.2, 0) is 6.61 Å². The molecule has 1 heterocycles. The molecule has 4 aromatic rings. The molecule has 0 spiro atoms. The van der Waals surface area contributed by atoms with Crippen LogP contribution < -0.4 is 4.74 Å². The first-order valence-corrected chi connectivity index (χ1v) is 10.2. The number of benzene rings is 3. The standard InChI is InChI=1S/C27H23F2NO2/c1-17-11-13-20(15-22(17)19(3)31)30-18(2)12-14-26(30)21-7-4-5-10-27(21)32-16-23-24(28)8-6-9-25(23)29/h4-15,31H,3,16H2,1-2H3. The van der Waals surface area contributed by atoms with E-state index in [0.29, 0.717) is 11.3 Å². The van der Waals surface area contributed by atoms with Gasteiger partial charge in [0.05, 0.1) is 11.3 Å². The highest BCUT2D eigenvalue weighted by Crippen LogP contribution is 2.34. The highest BCUT2D eigenvalue weighted by molar-refractivity contribution is 5.71. The van der Waals surface area contributed by atoms with E-state index in [9.17, 15) is 13.9 Å². The van der Waals surface area contributed by atoms with Crippen molar-refractivity contribution in [2.45, 2.75) is 20.5 Å². The minimum atomic E-state index is -0.641. The van der Waals surface area contributed by atoms with Crippen LogP contribution in [-0.4, -0.2) is 9.67 Å². The predicted molar refractivity (Wildman–Crippen MR) is 123 cm³/mol. The van der Waals surface area contributed by atoms with Crippen LogP contribution in [0.4, 0.5) is 8.78 Å². The van der Waals surface area contributed by atoms with Gasteiger partial charge in [-0.15, -0.1) is 0 Å². The van der Waals surface area contributed by atoms with Gasteiger partial charge in [-0.2, -0.15) is 0 Å². The highest BCUT2D eigenvalue weighted by Gasteiger charge is 2.16. The van der Waals surface area contributed by atoms with Crippen molar-refractivity contribution in [3.8, 4) is 22.7 Å².